The molecular weight excluding hydrogens is 392 g/mol. The number of rotatable bonds is 6. The van der Waals surface area contributed by atoms with Gasteiger partial charge in [0.2, 0.25) is 0 Å². The van der Waals surface area contributed by atoms with Crippen molar-refractivity contribution in [2.45, 2.75) is 19.6 Å². The van der Waals surface area contributed by atoms with E-state index in [4.69, 9.17) is 0 Å². The molecule has 0 aliphatic carbocycles. The van der Waals surface area contributed by atoms with Crippen molar-refractivity contribution in [3.8, 4) is 0 Å². The third-order valence-electron chi connectivity index (χ3n) is 5.25. The average Bonchev–Trinajstić information content (AvgIpc) is 3.09. The summed E-state index contributed by atoms with van der Waals surface area (Å²) < 4.78 is 0. The molecule has 1 saturated heterocycles. The Bertz CT molecular complexity index is 1100. The lowest BCUT2D eigenvalue weighted by Crippen LogP contribution is -2.29. The number of nitro benzene ring substituents is 1. The van der Waals surface area contributed by atoms with Gasteiger partial charge < -0.3 is 0 Å². The van der Waals surface area contributed by atoms with Gasteiger partial charge in [0.05, 0.1) is 17.2 Å². The van der Waals surface area contributed by atoms with E-state index in [0.717, 1.165) is 22.4 Å². The van der Waals surface area contributed by atoms with Crippen LogP contribution < -0.4 is 0 Å². The van der Waals surface area contributed by atoms with Crippen molar-refractivity contribution in [2.24, 2.45) is 5.10 Å². The van der Waals surface area contributed by atoms with Crippen molar-refractivity contribution in [3.63, 3.8) is 0 Å². The Hall–Kier alpha value is -3.84. The molecule has 0 aromatic heterocycles. The molecule has 1 amide bonds. The monoisotopic (exact) mass is 414 g/mol. The first-order valence-corrected chi connectivity index (χ1v) is 9.98. The third-order valence-corrected chi connectivity index (χ3v) is 5.25. The highest BCUT2D eigenvalue weighted by molar-refractivity contribution is 5.99. The van der Waals surface area contributed by atoms with E-state index in [1.807, 2.05) is 72.5 Å². The smallest absolute Gasteiger partial charge is 0.269 e. The molecule has 3 aromatic rings. The maximum atomic E-state index is 13.0. The second kappa shape index (κ2) is 8.89. The topological polar surface area (TPSA) is 79.0 Å². The summed E-state index contributed by atoms with van der Waals surface area (Å²) in [6, 6.07) is 25.9. The maximum absolute atomic E-state index is 13.0. The fourth-order valence-corrected chi connectivity index (χ4v) is 3.71. The Morgan fingerprint density at radius 1 is 1.00 bits per heavy atom. The summed E-state index contributed by atoms with van der Waals surface area (Å²) in [4.78, 5) is 25.6. The molecule has 156 valence electrons. The first-order valence-electron chi connectivity index (χ1n) is 9.98. The molecule has 0 unspecified atom stereocenters. The minimum atomic E-state index is -0.452. The van der Waals surface area contributed by atoms with Crippen LogP contribution in [0.25, 0.3) is 0 Å². The fraction of sp³-hybridized carbons (Fsp3) is 0.167. The average molecular weight is 414 g/mol. The van der Waals surface area contributed by atoms with Gasteiger partial charge in [-0.15, -0.1) is 0 Å². The van der Waals surface area contributed by atoms with E-state index < -0.39 is 11.1 Å². The molecule has 1 aliphatic rings. The molecule has 4 rings (SSSR count). The number of non-ortho nitro benzene ring substituents is 1. The molecule has 3 aromatic carbocycles. The Morgan fingerprint density at radius 3 is 2.23 bits per heavy atom. The van der Waals surface area contributed by atoms with Gasteiger partial charge in [0.15, 0.2) is 0 Å². The standard InChI is InChI=1S/C24H22N4O3/c1-18(20-10-6-3-7-11-20)25-27-23(29)17-26(16-19-8-4-2-5-9-19)24(27)21-12-14-22(15-13-21)28(30)31/h2-15,24H,16-17H2,1H3/b25-18-/t24-/m1/s1. The van der Waals surface area contributed by atoms with Gasteiger partial charge in [-0.25, -0.2) is 5.01 Å². The molecular formula is C24H22N4O3. The second-order valence-corrected chi connectivity index (χ2v) is 7.40. The Morgan fingerprint density at radius 2 is 1.61 bits per heavy atom. The first-order chi connectivity index (χ1) is 15.0. The quantitative estimate of drug-likeness (QED) is 0.341. The third kappa shape index (κ3) is 4.51. The first kappa shape index (κ1) is 20.4. The van der Waals surface area contributed by atoms with E-state index in [1.165, 1.54) is 17.1 Å². The number of carbonyl (C=O) groups excluding carboxylic acids is 1. The molecule has 7 heteroatoms. The number of nitrogens with zero attached hydrogens (tertiary/aromatic N) is 4. The zero-order valence-electron chi connectivity index (χ0n) is 17.1. The van der Waals surface area contributed by atoms with Crippen LogP contribution in [0, 0.1) is 10.1 Å². The van der Waals surface area contributed by atoms with Crippen LogP contribution in [0.5, 0.6) is 0 Å². The van der Waals surface area contributed by atoms with Crippen molar-refractivity contribution < 1.29 is 9.72 Å². The Labute approximate surface area is 180 Å². The zero-order valence-corrected chi connectivity index (χ0v) is 17.1. The van der Waals surface area contributed by atoms with E-state index in [-0.39, 0.29) is 18.1 Å². The van der Waals surface area contributed by atoms with Crippen LogP contribution in [0.3, 0.4) is 0 Å². The van der Waals surface area contributed by atoms with Gasteiger partial charge in [-0.2, -0.15) is 5.10 Å². The molecule has 0 radical (unpaired) electrons. The summed E-state index contributed by atoms with van der Waals surface area (Å²) in [6.07, 6.45) is -0.452. The molecule has 0 bridgehead atoms. The molecule has 0 saturated carbocycles. The van der Waals surface area contributed by atoms with Crippen LogP contribution in [-0.4, -0.2) is 33.0 Å². The van der Waals surface area contributed by atoms with Crippen LogP contribution >= 0.6 is 0 Å². The molecule has 1 fully saturated rings. The number of hydrogen-bond donors (Lipinski definition) is 0. The number of hydrazone groups is 1. The van der Waals surface area contributed by atoms with Gasteiger partial charge in [0.25, 0.3) is 11.6 Å². The van der Waals surface area contributed by atoms with Gasteiger partial charge in [-0.3, -0.25) is 19.8 Å². The lowest BCUT2D eigenvalue weighted by Gasteiger charge is -2.28. The summed E-state index contributed by atoms with van der Waals surface area (Å²) in [5, 5.41) is 17.2. The SMILES string of the molecule is C/C(=N/N1C(=O)CN(Cc2ccccc2)[C@H]1c1ccc([N+](=O)[O-])cc1)c1ccccc1. The predicted octanol–water partition coefficient (Wildman–Crippen LogP) is 4.36. The molecule has 1 aliphatic heterocycles. The van der Waals surface area contributed by atoms with E-state index in [0.29, 0.717) is 6.54 Å². The van der Waals surface area contributed by atoms with Gasteiger partial charge in [0.1, 0.15) is 6.17 Å². The molecule has 1 heterocycles. The van der Waals surface area contributed by atoms with Crippen molar-refractivity contribution in [2.75, 3.05) is 6.54 Å². The number of amides is 1. The largest absolute Gasteiger partial charge is 0.271 e. The molecule has 7 nitrogen and oxygen atoms in total. The van der Waals surface area contributed by atoms with Crippen molar-refractivity contribution in [3.05, 3.63) is 112 Å². The predicted molar refractivity (Wildman–Crippen MR) is 118 cm³/mol. The lowest BCUT2D eigenvalue weighted by molar-refractivity contribution is -0.384. The molecule has 1 atom stereocenters. The fourth-order valence-electron chi connectivity index (χ4n) is 3.71. The number of nitro groups is 1. The van der Waals surface area contributed by atoms with Gasteiger partial charge >= 0.3 is 0 Å². The van der Waals surface area contributed by atoms with E-state index in [2.05, 4.69) is 5.10 Å². The highest BCUT2D eigenvalue weighted by Gasteiger charge is 2.39. The van der Waals surface area contributed by atoms with Crippen LogP contribution in [0.15, 0.2) is 90.0 Å². The van der Waals surface area contributed by atoms with Gasteiger partial charge in [0, 0.05) is 18.7 Å². The summed E-state index contributed by atoms with van der Waals surface area (Å²) >= 11 is 0. The molecule has 0 N–H and O–H groups in total. The second-order valence-electron chi connectivity index (χ2n) is 7.40. The van der Waals surface area contributed by atoms with E-state index in [1.54, 1.807) is 12.1 Å². The molecule has 31 heavy (non-hydrogen) atoms. The lowest BCUT2D eigenvalue weighted by atomic mass is 10.1. The van der Waals surface area contributed by atoms with Gasteiger partial charge in [-0.1, -0.05) is 60.7 Å². The van der Waals surface area contributed by atoms with Crippen molar-refractivity contribution in [1.29, 1.82) is 0 Å². The number of hydrogen-bond acceptors (Lipinski definition) is 5. The number of carbonyl (C=O) groups is 1. The van der Waals surface area contributed by atoms with Crippen molar-refractivity contribution in [1.82, 2.24) is 9.91 Å². The van der Waals surface area contributed by atoms with Crippen molar-refractivity contribution >= 4 is 17.3 Å². The van der Waals surface area contributed by atoms with E-state index in [9.17, 15) is 14.9 Å². The van der Waals surface area contributed by atoms with Gasteiger partial charge in [-0.05, 0) is 35.7 Å². The summed E-state index contributed by atoms with van der Waals surface area (Å²) in [5.41, 5.74) is 3.52. The normalized spacial score (nSPS) is 17.2. The Kier molecular flexibility index (Phi) is 5.86. The summed E-state index contributed by atoms with van der Waals surface area (Å²) in [7, 11) is 0. The Balaban J connectivity index is 1.71. The maximum Gasteiger partial charge on any atom is 0.269 e. The van der Waals surface area contributed by atoms with E-state index >= 15 is 0 Å². The van der Waals surface area contributed by atoms with Crippen LogP contribution in [-0.2, 0) is 11.3 Å². The number of benzene rings is 3. The van der Waals surface area contributed by atoms with Crippen LogP contribution in [0.1, 0.15) is 29.8 Å². The van der Waals surface area contributed by atoms with Crippen LogP contribution in [0.4, 0.5) is 5.69 Å². The minimum Gasteiger partial charge on any atom is -0.271 e. The minimum absolute atomic E-state index is 0.0122. The van der Waals surface area contributed by atoms with Crippen LogP contribution in [0.2, 0.25) is 0 Å². The zero-order chi connectivity index (χ0) is 21.8. The summed E-state index contributed by atoms with van der Waals surface area (Å²) in [6.45, 7) is 2.64. The highest BCUT2D eigenvalue weighted by atomic mass is 16.6. The highest BCUT2D eigenvalue weighted by Crippen LogP contribution is 2.33. The summed E-state index contributed by atoms with van der Waals surface area (Å²) in [5.74, 6) is -0.116. The molecule has 0 spiro atoms.